The van der Waals surface area contributed by atoms with Gasteiger partial charge in [0.15, 0.2) is 5.78 Å². The molecule has 0 radical (unpaired) electrons. The maximum atomic E-state index is 12.3. The number of methoxy groups -OCH3 is 1. The lowest BCUT2D eigenvalue weighted by Crippen LogP contribution is -2.39. The van der Waals surface area contributed by atoms with Gasteiger partial charge in [0, 0.05) is 18.5 Å². The van der Waals surface area contributed by atoms with Gasteiger partial charge in [0.05, 0.1) is 25.0 Å². The van der Waals surface area contributed by atoms with Crippen LogP contribution >= 0.6 is 0 Å². The van der Waals surface area contributed by atoms with E-state index in [1.165, 1.54) is 11.4 Å². The lowest BCUT2D eigenvalue weighted by Gasteiger charge is -2.29. The van der Waals surface area contributed by atoms with Crippen LogP contribution in [0.5, 0.6) is 0 Å². The number of benzene rings is 1. The summed E-state index contributed by atoms with van der Waals surface area (Å²) in [5, 5.41) is 0. The number of para-hydroxylation sites is 1. The van der Waals surface area contributed by atoms with Gasteiger partial charge in [-0.2, -0.15) is 0 Å². The zero-order valence-electron chi connectivity index (χ0n) is 11.0. The number of hydrogen-bond donors (Lipinski definition) is 0. The van der Waals surface area contributed by atoms with E-state index in [4.69, 9.17) is 0 Å². The molecule has 1 aromatic rings. The van der Waals surface area contributed by atoms with Crippen molar-refractivity contribution in [1.82, 2.24) is 0 Å². The van der Waals surface area contributed by atoms with Crippen LogP contribution in [0, 0.1) is 0 Å². The highest BCUT2D eigenvalue weighted by atomic mass is 32.2. The van der Waals surface area contributed by atoms with Crippen molar-refractivity contribution in [3.63, 3.8) is 0 Å². The Morgan fingerprint density at radius 2 is 2.05 bits per heavy atom. The fraction of sp³-hybridized carbons (Fsp3) is 0.385. The van der Waals surface area contributed by atoms with E-state index in [0.29, 0.717) is 11.3 Å². The molecule has 6 nitrogen and oxygen atoms in total. The molecule has 0 amide bonds. The normalized spacial score (nSPS) is 14.8. The van der Waals surface area contributed by atoms with Crippen molar-refractivity contribution in [2.24, 2.45) is 0 Å². The second-order valence-corrected chi connectivity index (χ2v) is 6.42. The number of ether oxygens (including phenoxy) is 1. The third kappa shape index (κ3) is 2.82. The number of fused-ring (bicyclic) bond motifs is 1. The van der Waals surface area contributed by atoms with Crippen LogP contribution in [-0.4, -0.2) is 39.6 Å². The largest absolute Gasteiger partial charge is 0.469 e. The zero-order chi connectivity index (χ0) is 14.8. The second kappa shape index (κ2) is 5.62. The number of rotatable bonds is 4. The topological polar surface area (TPSA) is 80.8 Å². The van der Waals surface area contributed by atoms with Crippen LogP contribution < -0.4 is 4.31 Å². The SMILES string of the molecule is COC(=O)CCS(=O)(=O)N1CCC(=O)c2ccccc21. The predicted molar refractivity (Wildman–Crippen MR) is 73.2 cm³/mol. The van der Waals surface area contributed by atoms with Crippen molar-refractivity contribution >= 4 is 27.5 Å². The van der Waals surface area contributed by atoms with E-state index in [1.54, 1.807) is 24.3 Å². The summed E-state index contributed by atoms with van der Waals surface area (Å²) < 4.78 is 30.2. The van der Waals surface area contributed by atoms with Crippen LogP contribution in [0.4, 0.5) is 5.69 Å². The molecule has 2 rings (SSSR count). The average Bonchev–Trinajstić information content (AvgIpc) is 2.45. The number of hydrogen-bond acceptors (Lipinski definition) is 5. The highest BCUT2D eigenvalue weighted by Gasteiger charge is 2.31. The Morgan fingerprint density at radius 3 is 2.75 bits per heavy atom. The van der Waals surface area contributed by atoms with Gasteiger partial charge in [-0.15, -0.1) is 0 Å². The molecule has 1 heterocycles. The van der Waals surface area contributed by atoms with Crippen molar-refractivity contribution in [1.29, 1.82) is 0 Å². The predicted octanol–water partition coefficient (Wildman–Crippen LogP) is 0.972. The van der Waals surface area contributed by atoms with E-state index < -0.39 is 16.0 Å². The van der Waals surface area contributed by atoms with Gasteiger partial charge in [0.1, 0.15) is 0 Å². The first kappa shape index (κ1) is 14.5. The number of sulfonamides is 1. The first-order chi connectivity index (χ1) is 9.45. The summed E-state index contributed by atoms with van der Waals surface area (Å²) in [6.45, 7) is 0.110. The van der Waals surface area contributed by atoms with Gasteiger partial charge in [-0.05, 0) is 12.1 Å². The van der Waals surface area contributed by atoms with E-state index in [1.807, 2.05) is 0 Å². The van der Waals surface area contributed by atoms with Gasteiger partial charge < -0.3 is 4.74 Å². The summed E-state index contributed by atoms with van der Waals surface area (Å²) in [6, 6.07) is 6.59. The van der Waals surface area contributed by atoms with Gasteiger partial charge >= 0.3 is 5.97 Å². The average molecular weight is 297 g/mol. The van der Waals surface area contributed by atoms with Crippen molar-refractivity contribution in [3.8, 4) is 0 Å². The van der Waals surface area contributed by atoms with Crippen LogP contribution in [0.3, 0.4) is 0 Å². The molecule has 0 aliphatic carbocycles. The molecule has 0 saturated heterocycles. The van der Waals surface area contributed by atoms with Crippen molar-refractivity contribution in [2.45, 2.75) is 12.8 Å². The lowest BCUT2D eigenvalue weighted by atomic mass is 10.0. The van der Waals surface area contributed by atoms with E-state index in [2.05, 4.69) is 4.74 Å². The summed E-state index contributed by atoms with van der Waals surface area (Å²) >= 11 is 0. The fourth-order valence-electron chi connectivity index (χ4n) is 2.10. The third-order valence-electron chi connectivity index (χ3n) is 3.14. The van der Waals surface area contributed by atoms with Gasteiger partial charge in [0.2, 0.25) is 10.0 Å². The Labute approximate surface area is 117 Å². The van der Waals surface area contributed by atoms with Crippen LogP contribution in [0.25, 0.3) is 0 Å². The molecular formula is C13H15NO5S. The molecule has 0 saturated carbocycles. The first-order valence-corrected chi connectivity index (χ1v) is 7.76. The molecule has 0 atom stereocenters. The summed E-state index contributed by atoms with van der Waals surface area (Å²) in [5.41, 5.74) is 0.786. The Bertz CT molecular complexity index is 638. The maximum absolute atomic E-state index is 12.3. The number of nitrogens with zero attached hydrogens (tertiary/aromatic N) is 1. The van der Waals surface area contributed by atoms with E-state index >= 15 is 0 Å². The summed E-state index contributed by atoms with van der Waals surface area (Å²) in [5.74, 6) is -0.975. The molecule has 1 aromatic carbocycles. The van der Waals surface area contributed by atoms with Crippen molar-refractivity contribution in [2.75, 3.05) is 23.7 Å². The van der Waals surface area contributed by atoms with Crippen LogP contribution in [0.2, 0.25) is 0 Å². The minimum Gasteiger partial charge on any atom is -0.469 e. The summed E-state index contributed by atoms with van der Waals surface area (Å²) in [7, 11) is -2.43. The minimum absolute atomic E-state index is 0.0694. The Balaban J connectivity index is 2.27. The standard InChI is InChI=1S/C13H15NO5S/c1-19-13(16)7-9-20(17,18)14-8-6-12(15)10-4-2-3-5-11(10)14/h2-5H,6-9H2,1H3. The Kier molecular flexibility index (Phi) is 4.08. The molecule has 1 aliphatic heterocycles. The van der Waals surface area contributed by atoms with Gasteiger partial charge in [0.25, 0.3) is 0 Å². The number of carbonyl (C=O) groups is 2. The van der Waals surface area contributed by atoms with Crippen LogP contribution in [0.15, 0.2) is 24.3 Å². The molecule has 0 spiro atoms. The van der Waals surface area contributed by atoms with Crippen molar-refractivity contribution in [3.05, 3.63) is 29.8 Å². The quantitative estimate of drug-likeness (QED) is 0.774. The second-order valence-electron chi connectivity index (χ2n) is 4.40. The molecule has 0 unspecified atom stereocenters. The highest BCUT2D eigenvalue weighted by Crippen LogP contribution is 2.29. The maximum Gasteiger partial charge on any atom is 0.306 e. The number of Topliss-reactive ketones (excluding diaryl/α,β-unsaturated/α-hetero) is 1. The van der Waals surface area contributed by atoms with Crippen LogP contribution in [-0.2, 0) is 19.6 Å². The molecule has 20 heavy (non-hydrogen) atoms. The molecule has 7 heteroatoms. The molecular weight excluding hydrogens is 282 g/mol. The number of anilines is 1. The number of ketones is 1. The summed E-state index contributed by atoms with van der Waals surface area (Å²) in [4.78, 5) is 22.9. The Morgan fingerprint density at radius 1 is 1.35 bits per heavy atom. The Hall–Kier alpha value is -1.89. The van der Waals surface area contributed by atoms with Crippen LogP contribution in [0.1, 0.15) is 23.2 Å². The minimum atomic E-state index is -3.65. The fourth-order valence-corrected chi connectivity index (χ4v) is 3.57. The molecule has 108 valence electrons. The zero-order valence-corrected chi connectivity index (χ0v) is 11.9. The van der Waals surface area contributed by atoms with Gasteiger partial charge in [-0.1, -0.05) is 12.1 Å². The molecule has 1 aliphatic rings. The van der Waals surface area contributed by atoms with E-state index in [0.717, 1.165) is 0 Å². The monoisotopic (exact) mass is 297 g/mol. The van der Waals surface area contributed by atoms with E-state index in [-0.39, 0.29) is 30.9 Å². The molecule has 0 N–H and O–H groups in total. The highest BCUT2D eigenvalue weighted by molar-refractivity contribution is 7.92. The summed E-state index contributed by atoms with van der Waals surface area (Å²) in [6.07, 6.45) is -0.0556. The first-order valence-electron chi connectivity index (χ1n) is 6.15. The van der Waals surface area contributed by atoms with E-state index in [9.17, 15) is 18.0 Å². The van der Waals surface area contributed by atoms with Crippen molar-refractivity contribution < 1.29 is 22.7 Å². The number of carbonyl (C=O) groups excluding carboxylic acids is 2. The lowest BCUT2D eigenvalue weighted by molar-refractivity contribution is -0.140. The number of esters is 1. The van der Waals surface area contributed by atoms with Gasteiger partial charge in [-0.25, -0.2) is 8.42 Å². The molecule has 0 fully saturated rings. The molecule has 0 bridgehead atoms. The third-order valence-corrected chi connectivity index (χ3v) is 4.91. The smallest absolute Gasteiger partial charge is 0.306 e. The molecule has 0 aromatic heterocycles. The van der Waals surface area contributed by atoms with Gasteiger partial charge in [-0.3, -0.25) is 13.9 Å².